The SMILES string of the molecule is O=C(N[C@@H]1C[C@@H]2CC(C(=O)NC3CC(C(=O)O)C3)C[C@@H]21)OCC1c2ccccc2-c2ccccc21. The molecule has 0 aromatic heterocycles. The number of carboxylic acids is 1. The van der Waals surface area contributed by atoms with Gasteiger partial charge in [-0.1, -0.05) is 48.5 Å². The van der Waals surface area contributed by atoms with Gasteiger partial charge in [-0.25, -0.2) is 4.79 Å². The molecule has 1 unspecified atom stereocenters. The van der Waals surface area contributed by atoms with Crippen molar-refractivity contribution in [3.05, 3.63) is 59.7 Å². The number of carboxylic acid groups (broad SMARTS) is 1. The van der Waals surface area contributed by atoms with Gasteiger partial charge >= 0.3 is 12.1 Å². The van der Waals surface area contributed by atoms with Gasteiger partial charge in [0.2, 0.25) is 5.91 Å². The Morgan fingerprint density at radius 1 is 0.829 bits per heavy atom. The predicted molar refractivity (Wildman–Crippen MR) is 129 cm³/mol. The van der Waals surface area contributed by atoms with E-state index in [0.29, 0.717) is 31.3 Å². The molecule has 0 heterocycles. The second-order valence-corrected chi connectivity index (χ2v) is 10.6. The van der Waals surface area contributed by atoms with Gasteiger partial charge in [0, 0.05) is 23.9 Å². The molecule has 4 aliphatic rings. The van der Waals surface area contributed by atoms with Gasteiger partial charge in [-0.2, -0.15) is 0 Å². The first-order valence-corrected chi connectivity index (χ1v) is 12.6. The van der Waals surface area contributed by atoms with Crippen LogP contribution in [0.2, 0.25) is 0 Å². The highest BCUT2D eigenvalue weighted by atomic mass is 16.5. The molecule has 4 atom stereocenters. The molecule has 3 N–H and O–H groups in total. The van der Waals surface area contributed by atoms with E-state index in [4.69, 9.17) is 9.84 Å². The standard InChI is InChI=1S/C28H30N2O5/c31-26(29-18-10-17(11-18)27(32)33)16-9-15-13-25(23(15)12-16)30-28(34)35-14-24-21-7-3-1-5-19(21)20-6-2-4-8-22(20)24/h1-8,15-18,23-25H,9-14H2,(H,29,31)(H,30,34)(H,32,33)/t15-,16?,17?,18?,23-,25+/m0/s1. The van der Waals surface area contributed by atoms with Crippen LogP contribution in [-0.4, -0.2) is 41.8 Å². The number of fused-ring (bicyclic) bond motifs is 4. The summed E-state index contributed by atoms with van der Waals surface area (Å²) in [6, 6.07) is 16.6. The Morgan fingerprint density at radius 3 is 2.14 bits per heavy atom. The molecule has 3 fully saturated rings. The summed E-state index contributed by atoms with van der Waals surface area (Å²) in [5.41, 5.74) is 4.79. The Balaban J connectivity index is 0.992. The molecule has 2 amide bonds. The molecular weight excluding hydrogens is 444 g/mol. The minimum atomic E-state index is -0.781. The van der Waals surface area contributed by atoms with Gasteiger partial charge in [-0.3, -0.25) is 9.59 Å². The Hall–Kier alpha value is -3.35. The maximum atomic E-state index is 12.7. The number of amides is 2. The lowest BCUT2D eigenvalue weighted by atomic mass is 9.71. The first-order valence-electron chi connectivity index (χ1n) is 12.6. The largest absolute Gasteiger partial charge is 0.481 e. The molecule has 35 heavy (non-hydrogen) atoms. The normalized spacial score (nSPS) is 30.2. The third kappa shape index (κ3) is 3.97. The molecule has 3 saturated carbocycles. The zero-order valence-corrected chi connectivity index (χ0v) is 19.5. The summed E-state index contributed by atoms with van der Waals surface area (Å²) in [5.74, 6) is -0.329. The van der Waals surface area contributed by atoms with Gasteiger partial charge in [0.1, 0.15) is 6.61 Å². The van der Waals surface area contributed by atoms with Gasteiger partial charge in [-0.05, 0) is 66.2 Å². The third-order valence-corrected chi connectivity index (χ3v) is 8.67. The van der Waals surface area contributed by atoms with Crippen molar-refractivity contribution in [2.24, 2.45) is 23.7 Å². The van der Waals surface area contributed by atoms with Crippen LogP contribution in [0.3, 0.4) is 0 Å². The van der Waals surface area contributed by atoms with Crippen molar-refractivity contribution < 1.29 is 24.2 Å². The molecule has 7 heteroatoms. The minimum absolute atomic E-state index is 0.0170. The van der Waals surface area contributed by atoms with Crippen LogP contribution in [0.15, 0.2) is 48.5 Å². The van der Waals surface area contributed by atoms with E-state index >= 15 is 0 Å². The van der Waals surface area contributed by atoms with Crippen LogP contribution in [0.1, 0.15) is 49.1 Å². The van der Waals surface area contributed by atoms with E-state index in [2.05, 4.69) is 34.9 Å². The molecule has 0 saturated heterocycles. The lowest BCUT2D eigenvalue weighted by Crippen LogP contribution is -2.50. The zero-order valence-electron chi connectivity index (χ0n) is 19.5. The van der Waals surface area contributed by atoms with Crippen LogP contribution in [0, 0.1) is 23.7 Å². The van der Waals surface area contributed by atoms with Crippen LogP contribution >= 0.6 is 0 Å². The van der Waals surface area contributed by atoms with Gasteiger partial charge in [-0.15, -0.1) is 0 Å². The fraction of sp³-hybridized carbons (Fsp3) is 0.464. The highest BCUT2D eigenvalue weighted by Gasteiger charge is 2.50. The maximum Gasteiger partial charge on any atom is 0.407 e. The summed E-state index contributed by atoms with van der Waals surface area (Å²) in [6.07, 6.45) is 3.13. The number of alkyl carbamates (subject to hydrolysis) is 1. The van der Waals surface area contributed by atoms with E-state index in [1.54, 1.807) is 0 Å². The van der Waals surface area contributed by atoms with E-state index in [1.807, 2.05) is 24.3 Å². The van der Waals surface area contributed by atoms with Crippen molar-refractivity contribution >= 4 is 18.0 Å². The number of carbonyl (C=O) groups is 3. The van der Waals surface area contributed by atoms with Crippen molar-refractivity contribution in [1.82, 2.24) is 10.6 Å². The number of hydrogen-bond donors (Lipinski definition) is 3. The third-order valence-electron chi connectivity index (χ3n) is 8.67. The lowest BCUT2D eigenvalue weighted by molar-refractivity contribution is -0.146. The van der Waals surface area contributed by atoms with Crippen LogP contribution < -0.4 is 10.6 Å². The quantitative estimate of drug-likeness (QED) is 0.589. The van der Waals surface area contributed by atoms with E-state index in [-0.39, 0.29) is 35.7 Å². The fourth-order valence-electron chi connectivity index (χ4n) is 6.65. The average molecular weight is 475 g/mol. The molecule has 0 bridgehead atoms. The van der Waals surface area contributed by atoms with Crippen LogP contribution in [-0.2, 0) is 14.3 Å². The fourth-order valence-corrected chi connectivity index (χ4v) is 6.65. The summed E-state index contributed by atoms with van der Waals surface area (Å²) in [4.78, 5) is 36.3. The number of carbonyl (C=O) groups excluding carboxylic acids is 2. The van der Waals surface area contributed by atoms with Crippen LogP contribution in [0.4, 0.5) is 4.79 Å². The Kier molecular flexibility index (Phi) is 5.50. The van der Waals surface area contributed by atoms with Crippen molar-refractivity contribution in [2.45, 2.75) is 50.1 Å². The molecule has 0 spiro atoms. The second kappa shape index (κ2) is 8.70. The molecular formula is C28H30N2O5. The highest BCUT2D eigenvalue weighted by Crippen LogP contribution is 2.50. The van der Waals surface area contributed by atoms with Crippen molar-refractivity contribution in [1.29, 1.82) is 0 Å². The van der Waals surface area contributed by atoms with E-state index in [1.165, 1.54) is 22.3 Å². The predicted octanol–water partition coefficient (Wildman–Crippen LogP) is 3.92. The monoisotopic (exact) mass is 474 g/mol. The summed E-state index contributed by atoms with van der Waals surface area (Å²) >= 11 is 0. The number of ether oxygens (including phenoxy) is 1. The van der Waals surface area contributed by atoms with Gasteiger partial charge in [0.05, 0.1) is 5.92 Å². The summed E-state index contributed by atoms with van der Waals surface area (Å²) in [7, 11) is 0. The number of rotatable bonds is 6. The smallest absolute Gasteiger partial charge is 0.407 e. The van der Waals surface area contributed by atoms with Crippen molar-refractivity contribution in [3.8, 4) is 11.1 Å². The van der Waals surface area contributed by atoms with Crippen LogP contribution in [0.5, 0.6) is 0 Å². The molecule has 6 rings (SSSR count). The first kappa shape index (κ1) is 22.1. The summed E-state index contributed by atoms with van der Waals surface area (Å²) in [5, 5.41) is 15.1. The van der Waals surface area contributed by atoms with Gasteiger partial charge in [0.25, 0.3) is 0 Å². The Bertz CT molecular complexity index is 1130. The van der Waals surface area contributed by atoms with E-state index < -0.39 is 12.1 Å². The van der Waals surface area contributed by atoms with E-state index in [9.17, 15) is 14.4 Å². The highest BCUT2D eigenvalue weighted by molar-refractivity contribution is 5.81. The first-order chi connectivity index (χ1) is 17.0. The number of nitrogens with one attached hydrogen (secondary N) is 2. The van der Waals surface area contributed by atoms with Gasteiger partial charge in [0.15, 0.2) is 0 Å². The van der Waals surface area contributed by atoms with Crippen molar-refractivity contribution in [2.75, 3.05) is 6.61 Å². The number of benzene rings is 2. The number of aliphatic carboxylic acids is 1. The topological polar surface area (TPSA) is 105 Å². The van der Waals surface area contributed by atoms with Gasteiger partial charge < -0.3 is 20.5 Å². The number of hydrogen-bond acceptors (Lipinski definition) is 4. The summed E-state index contributed by atoms with van der Waals surface area (Å²) < 4.78 is 5.70. The Labute approximate surface area is 204 Å². The molecule has 182 valence electrons. The van der Waals surface area contributed by atoms with Crippen LogP contribution in [0.25, 0.3) is 11.1 Å². The average Bonchev–Trinajstić information content (AvgIpc) is 3.33. The lowest BCUT2D eigenvalue weighted by Gasteiger charge is -2.40. The van der Waals surface area contributed by atoms with Crippen molar-refractivity contribution in [3.63, 3.8) is 0 Å². The molecule has 4 aliphatic carbocycles. The molecule has 2 aromatic carbocycles. The molecule has 2 aromatic rings. The van der Waals surface area contributed by atoms with E-state index in [0.717, 1.165) is 19.3 Å². The second-order valence-electron chi connectivity index (χ2n) is 10.6. The summed E-state index contributed by atoms with van der Waals surface area (Å²) in [6.45, 7) is 0.296. The minimum Gasteiger partial charge on any atom is -0.481 e. The molecule has 7 nitrogen and oxygen atoms in total. The maximum absolute atomic E-state index is 12.7. The Morgan fingerprint density at radius 2 is 1.49 bits per heavy atom. The molecule has 0 radical (unpaired) electrons. The molecule has 0 aliphatic heterocycles. The zero-order chi connectivity index (χ0) is 24.1.